The van der Waals surface area contributed by atoms with E-state index in [0.29, 0.717) is 17.4 Å². The Labute approximate surface area is 134 Å². The summed E-state index contributed by atoms with van der Waals surface area (Å²) >= 11 is 5.94. The molecule has 0 aliphatic carbocycles. The second-order valence-corrected chi connectivity index (χ2v) is 5.55. The predicted molar refractivity (Wildman–Crippen MR) is 87.3 cm³/mol. The van der Waals surface area contributed by atoms with Crippen LogP contribution in [0.5, 0.6) is 5.88 Å². The fraction of sp³-hybridized carbons (Fsp3) is 0.312. The fourth-order valence-corrected chi connectivity index (χ4v) is 2.29. The molecule has 0 unspecified atom stereocenters. The highest BCUT2D eigenvalue weighted by atomic mass is 35.5. The van der Waals surface area contributed by atoms with Crippen molar-refractivity contribution >= 4 is 11.6 Å². The first-order valence-corrected chi connectivity index (χ1v) is 7.37. The summed E-state index contributed by atoms with van der Waals surface area (Å²) in [7, 11) is 0. The van der Waals surface area contributed by atoms with Gasteiger partial charge in [-0.15, -0.1) is 0 Å². The van der Waals surface area contributed by atoms with Gasteiger partial charge in [0.25, 0.3) is 0 Å². The average molecular weight is 317 g/mol. The summed E-state index contributed by atoms with van der Waals surface area (Å²) in [6, 6.07) is 11.3. The van der Waals surface area contributed by atoms with Crippen LogP contribution in [-0.2, 0) is 0 Å². The fourth-order valence-electron chi connectivity index (χ4n) is 2.16. The topological polar surface area (TPSA) is 70.9 Å². The number of halogens is 1. The highest BCUT2D eigenvalue weighted by Gasteiger charge is 2.15. The molecule has 1 aromatic heterocycles. The van der Waals surface area contributed by atoms with E-state index >= 15 is 0 Å². The number of pyridine rings is 1. The molecule has 0 radical (unpaired) electrons. The zero-order valence-electron chi connectivity index (χ0n) is 12.5. The number of hydrogen-bond acceptors (Lipinski definition) is 3. The molecule has 0 saturated heterocycles. The Morgan fingerprint density at radius 2 is 1.95 bits per heavy atom. The van der Waals surface area contributed by atoms with Crippen molar-refractivity contribution in [2.45, 2.75) is 25.9 Å². The van der Waals surface area contributed by atoms with Crippen LogP contribution in [0.3, 0.4) is 0 Å². The molecular weight excluding hydrogens is 300 g/mol. The minimum atomic E-state index is -0.0642. The van der Waals surface area contributed by atoms with Gasteiger partial charge in [-0.1, -0.05) is 28.8 Å². The molecule has 0 aliphatic rings. The molecule has 6 heteroatoms. The zero-order valence-corrected chi connectivity index (χ0v) is 13.2. The molecule has 0 saturated carbocycles. The predicted octanol–water partition coefficient (Wildman–Crippen LogP) is 4.96. The average Bonchev–Trinajstić information content (AvgIpc) is 2.49. The molecule has 1 aromatic carbocycles. The lowest BCUT2D eigenvalue weighted by molar-refractivity contribution is 0.232. The van der Waals surface area contributed by atoms with Crippen LogP contribution in [0, 0.1) is 0 Å². The third kappa shape index (κ3) is 4.38. The zero-order chi connectivity index (χ0) is 15.9. The molecule has 5 nitrogen and oxygen atoms in total. The van der Waals surface area contributed by atoms with Gasteiger partial charge < -0.3 is 4.74 Å². The van der Waals surface area contributed by atoms with Crippen molar-refractivity contribution < 1.29 is 4.74 Å². The smallest absolute Gasteiger partial charge is 0.213 e. The normalized spacial score (nSPS) is 11.8. The lowest BCUT2D eigenvalue weighted by Gasteiger charge is -2.17. The second kappa shape index (κ2) is 7.69. The first-order chi connectivity index (χ1) is 10.6. The SMILES string of the molecule is CC(C)Oc1cc([C@@H](CN=[N+]=[N-])c2ccc(Cl)cc2)ccn1. The maximum atomic E-state index is 8.63. The molecule has 114 valence electrons. The highest BCUT2D eigenvalue weighted by molar-refractivity contribution is 6.30. The van der Waals surface area contributed by atoms with Crippen LogP contribution in [0.15, 0.2) is 47.7 Å². The van der Waals surface area contributed by atoms with Gasteiger partial charge in [0.1, 0.15) is 0 Å². The number of benzene rings is 1. The molecule has 0 fully saturated rings. The summed E-state index contributed by atoms with van der Waals surface area (Å²) in [5.74, 6) is 0.498. The van der Waals surface area contributed by atoms with E-state index in [1.165, 1.54) is 0 Å². The molecule has 0 aliphatic heterocycles. The Morgan fingerprint density at radius 1 is 1.23 bits per heavy atom. The lowest BCUT2D eigenvalue weighted by Crippen LogP contribution is -2.09. The van der Waals surface area contributed by atoms with Gasteiger partial charge in [0.2, 0.25) is 5.88 Å². The number of hydrogen-bond donors (Lipinski definition) is 0. The second-order valence-electron chi connectivity index (χ2n) is 5.11. The number of rotatable bonds is 6. The van der Waals surface area contributed by atoms with Crippen molar-refractivity contribution in [3.05, 3.63) is 69.2 Å². The van der Waals surface area contributed by atoms with E-state index in [-0.39, 0.29) is 12.0 Å². The molecule has 2 aromatic rings. The molecule has 22 heavy (non-hydrogen) atoms. The first kappa shape index (κ1) is 16.1. The van der Waals surface area contributed by atoms with Crippen molar-refractivity contribution in [1.82, 2.24) is 4.98 Å². The van der Waals surface area contributed by atoms with Gasteiger partial charge >= 0.3 is 0 Å². The molecule has 1 heterocycles. The summed E-state index contributed by atoms with van der Waals surface area (Å²) in [6.45, 7) is 4.22. The minimum Gasteiger partial charge on any atom is -0.475 e. The van der Waals surface area contributed by atoms with E-state index < -0.39 is 0 Å². The van der Waals surface area contributed by atoms with Gasteiger partial charge in [-0.25, -0.2) is 4.98 Å². The quantitative estimate of drug-likeness (QED) is 0.429. The number of aromatic nitrogens is 1. The van der Waals surface area contributed by atoms with Gasteiger partial charge in [0.15, 0.2) is 0 Å². The van der Waals surface area contributed by atoms with Crippen LogP contribution in [0.25, 0.3) is 10.4 Å². The van der Waals surface area contributed by atoms with Crippen LogP contribution in [0.1, 0.15) is 30.9 Å². The Bertz CT molecular complexity index is 666. The monoisotopic (exact) mass is 316 g/mol. The Hall–Kier alpha value is -2.23. The summed E-state index contributed by atoms with van der Waals surface area (Å²) < 4.78 is 5.63. The van der Waals surface area contributed by atoms with E-state index in [2.05, 4.69) is 15.0 Å². The molecule has 0 amide bonds. The van der Waals surface area contributed by atoms with Crippen LogP contribution < -0.4 is 4.74 Å². The number of azide groups is 1. The molecule has 0 bridgehead atoms. The third-order valence-electron chi connectivity index (χ3n) is 3.12. The Balaban J connectivity index is 2.36. The van der Waals surface area contributed by atoms with Crippen molar-refractivity contribution in [2.24, 2.45) is 5.11 Å². The Kier molecular flexibility index (Phi) is 5.64. The van der Waals surface area contributed by atoms with Gasteiger partial charge in [0, 0.05) is 34.7 Å². The molecule has 0 spiro atoms. The van der Waals surface area contributed by atoms with Crippen molar-refractivity contribution in [3.63, 3.8) is 0 Å². The summed E-state index contributed by atoms with van der Waals surface area (Å²) in [5.41, 5.74) is 10.6. The Morgan fingerprint density at radius 3 is 2.59 bits per heavy atom. The number of nitrogens with zero attached hydrogens (tertiary/aromatic N) is 4. The van der Waals surface area contributed by atoms with Gasteiger partial charge in [-0.3, -0.25) is 0 Å². The molecular formula is C16H17ClN4O. The maximum absolute atomic E-state index is 8.63. The molecule has 0 N–H and O–H groups in total. The van der Waals surface area contributed by atoms with Crippen LogP contribution >= 0.6 is 11.6 Å². The maximum Gasteiger partial charge on any atom is 0.213 e. The van der Waals surface area contributed by atoms with E-state index in [1.54, 1.807) is 6.20 Å². The first-order valence-electron chi connectivity index (χ1n) is 6.99. The lowest BCUT2D eigenvalue weighted by atomic mass is 9.92. The minimum absolute atomic E-state index is 0.0499. The van der Waals surface area contributed by atoms with E-state index in [0.717, 1.165) is 11.1 Å². The van der Waals surface area contributed by atoms with E-state index in [4.69, 9.17) is 21.9 Å². The van der Waals surface area contributed by atoms with Crippen LogP contribution in [0.2, 0.25) is 5.02 Å². The summed E-state index contributed by atoms with van der Waals surface area (Å²) in [6.07, 6.45) is 1.75. The third-order valence-corrected chi connectivity index (χ3v) is 3.37. The standard InChI is InChI=1S/C16H17ClN4O/c1-11(2)22-16-9-13(7-8-19-16)15(10-20-21-18)12-3-5-14(17)6-4-12/h3-9,11,15H,10H2,1-2H3/t15-/m0/s1. The molecule has 2 rings (SSSR count). The van der Waals surface area contributed by atoms with Gasteiger partial charge in [-0.2, -0.15) is 0 Å². The van der Waals surface area contributed by atoms with Gasteiger partial charge in [0.05, 0.1) is 6.10 Å². The highest BCUT2D eigenvalue weighted by Crippen LogP contribution is 2.28. The van der Waals surface area contributed by atoms with Gasteiger partial charge in [-0.05, 0) is 48.7 Å². The van der Waals surface area contributed by atoms with Crippen molar-refractivity contribution in [1.29, 1.82) is 0 Å². The summed E-state index contributed by atoms with van der Waals surface area (Å²) in [5, 5.41) is 4.40. The van der Waals surface area contributed by atoms with Crippen LogP contribution in [-0.4, -0.2) is 17.6 Å². The van der Waals surface area contributed by atoms with E-state index in [1.807, 2.05) is 50.2 Å². The summed E-state index contributed by atoms with van der Waals surface area (Å²) in [4.78, 5) is 7.07. The van der Waals surface area contributed by atoms with E-state index in [9.17, 15) is 0 Å². The van der Waals surface area contributed by atoms with Crippen molar-refractivity contribution in [2.75, 3.05) is 6.54 Å². The van der Waals surface area contributed by atoms with Crippen LogP contribution in [0.4, 0.5) is 0 Å². The number of ether oxygens (including phenoxy) is 1. The largest absolute Gasteiger partial charge is 0.475 e. The molecule has 1 atom stereocenters. The van der Waals surface area contributed by atoms with Crippen molar-refractivity contribution in [3.8, 4) is 5.88 Å².